The van der Waals surface area contributed by atoms with Crippen molar-refractivity contribution in [1.29, 1.82) is 0 Å². The molecule has 2 aromatic carbocycles. The van der Waals surface area contributed by atoms with Gasteiger partial charge in [-0.1, -0.05) is 24.8 Å². The summed E-state index contributed by atoms with van der Waals surface area (Å²) in [6, 6.07) is 17.3. The van der Waals surface area contributed by atoms with E-state index in [1.807, 2.05) is 64.5 Å². The van der Waals surface area contributed by atoms with Crippen LogP contribution in [0.5, 0.6) is 11.5 Å². The summed E-state index contributed by atoms with van der Waals surface area (Å²) in [4.78, 5) is 31.0. The molecular formula is C27H29N5O3. The van der Waals surface area contributed by atoms with Crippen molar-refractivity contribution in [1.82, 2.24) is 15.3 Å². The van der Waals surface area contributed by atoms with E-state index in [-0.39, 0.29) is 11.9 Å². The van der Waals surface area contributed by atoms with Crippen LogP contribution in [0, 0.1) is 5.92 Å². The van der Waals surface area contributed by atoms with Crippen molar-refractivity contribution in [2.24, 2.45) is 16.6 Å². The molecule has 0 aromatic heterocycles. The van der Waals surface area contributed by atoms with Crippen LogP contribution in [-0.2, 0) is 9.59 Å². The first-order valence-corrected chi connectivity index (χ1v) is 11.9. The standard InChI is InChI=1S/C27H29N5O3/c1-2-23(33)31-16-13-18(14-17-31)22-12-15-29-27-24(26(28)34)25(30-32(22)27)19-8-10-21(11-9-19)35-20-6-4-3-5-7-20/h2-11,18,22,30H,1,12-17H2,(H2,28,34)/t22-/m1/s1. The van der Waals surface area contributed by atoms with Gasteiger partial charge >= 0.3 is 0 Å². The summed E-state index contributed by atoms with van der Waals surface area (Å²) in [5, 5.41) is 2.02. The van der Waals surface area contributed by atoms with Crippen LogP contribution >= 0.6 is 0 Å². The van der Waals surface area contributed by atoms with Crippen LogP contribution in [0.25, 0.3) is 5.70 Å². The molecule has 3 aliphatic heterocycles. The third kappa shape index (κ3) is 4.51. The molecule has 180 valence electrons. The summed E-state index contributed by atoms with van der Waals surface area (Å²) >= 11 is 0. The van der Waals surface area contributed by atoms with E-state index in [2.05, 4.69) is 17.0 Å². The quantitative estimate of drug-likeness (QED) is 0.631. The lowest BCUT2D eigenvalue weighted by Crippen LogP contribution is -2.53. The summed E-state index contributed by atoms with van der Waals surface area (Å²) < 4.78 is 5.90. The predicted molar refractivity (Wildman–Crippen MR) is 134 cm³/mol. The number of hydrogen-bond acceptors (Lipinski definition) is 6. The van der Waals surface area contributed by atoms with E-state index in [9.17, 15) is 9.59 Å². The topological polar surface area (TPSA) is 100 Å². The fourth-order valence-corrected chi connectivity index (χ4v) is 5.13. The van der Waals surface area contributed by atoms with Gasteiger partial charge in [-0.2, -0.15) is 0 Å². The van der Waals surface area contributed by atoms with Crippen molar-refractivity contribution >= 4 is 23.3 Å². The van der Waals surface area contributed by atoms with Crippen LogP contribution in [-0.4, -0.2) is 53.2 Å². The van der Waals surface area contributed by atoms with Crippen molar-refractivity contribution in [3.63, 3.8) is 0 Å². The van der Waals surface area contributed by atoms with E-state index in [1.54, 1.807) is 0 Å². The van der Waals surface area contributed by atoms with E-state index in [1.165, 1.54) is 6.08 Å². The minimum atomic E-state index is -0.509. The van der Waals surface area contributed by atoms with E-state index in [4.69, 9.17) is 10.5 Å². The molecule has 0 radical (unpaired) electrons. The van der Waals surface area contributed by atoms with E-state index < -0.39 is 5.91 Å². The second-order valence-corrected chi connectivity index (χ2v) is 8.96. The number of nitrogens with zero attached hydrogens (tertiary/aromatic N) is 3. The second kappa shape index (κ2) is 9.66. The lowest BCUT2D eigenvalue weighted by molar-refractivity contribution is -0.127. The lowest BCUT2D eigenvalue weighted by Gasteiger charge is -2.42. The first kappa shape index (κ1) is 22.7. The van der Waals surface area contributed by atoms with Crippen LogP contribution < -0.4 is 15.9 Å². The minimum Gasteiger partial charge on any atom is -0.457 e. The number of aliphatic imine (C=N–C) groups is 1. The molecule has 1 fully saturated rings. The molecule has 2 amide bonds. The molecular weight excluding hydrogens is 442 g/mol. The Balaban J connectivity index is 1.35. The van der Waals surface area contributed by atoms with Gasteiger partial charge in [-0.05, 0) is 67.7 Å². The lowest BCUT2D eigenvalue weighted by atomic mass is 9.86. The van der Waals surface area contributed by atoms with Gasteiger partial charge in [-0.15, -0.1) is 0 Å². The summed E-state index contributed by atoms with van der Waals surface area (Å²) in [6.45, 7) is 5.64. The number of nitrogens with one attached hydrogen (secondary N) is 1. The average molecular weight is 472 g/mol. The Bertz CT molecular complexity index is 1180. The van der Waals surface area contributed by atoms with Crippen molar-refractivity contribution in [2.45, 2.75) is 25.3 Å². The Labute approximate surface area is 204 Å². The molecule has 3 heterocycles. The van der Waals surface area contributed by atoms with Gasteiger partial charge in [0.2, 0.25) is 5.91 Å². The van der Waals surface area contributed by atoms with E-state index in [0.29, 0.717) is 48.4 Å². The molecule has 5 rings (SSSR count). The smallest absolute Gasteiger partial charge is 0.254 e. The van der Waals surface area contributed by atoms with Crippen molar-refractivity contribution in [2.75, 3.05) is 19.6 Å². The monoisotopic (exact) mass is 471 g/mol. The number of para-hydroxylation sites is 1. The Morgan fingerprint density at radius 1 is 1.03 bits per heavy atom. The Kier molecular flexibility index (Phi) is 6.27. The predicted octanol–water partition coefficient (Wildman–Crippen LogP) is 3.09. The first-order chi connectivity index (χ1) is 17.0. The summed E-state index contributed by atoms with van der Waals surface area (Å²) in [7, 11) is 0. The SMILES string of the molecule is C=CC(=O)N1CCC([C@H]2CCN=C3C(C(N)=O)=C(c4ccc(Oc5ccccc5)cc4)NN32)CC1. The highest BCUT2D eigenvalue weighted by Gasteiger charge is 2.42. The minimum absolute atomic E-state index is 0.0201. The van der Waals surface area contributed by atoms with Crippen LogP contribution in [0.3, 0.4) is 0 Å². The third-order valence-electron chi connectivity index (χ3n) is 6.89. The molecule has 0 spiro atoms. The van der Waals surface area contributed by atoms with Crippen LogP contribution in [0.1, 0.15) is 24.8 Å². The number of amidine groups is 1. The van der Waals surface area contributed by atoms with Crippen molar-refractivity contribution in [3.8, 4) is 11.5 Å². The molecule has 1 atom stereocenters. The van der Waals surface area contributed by atoms with Gasteiger partial charge in [0.25, 0.3) is 5.91 Å². The summed E-state index contributed by atoms with van der Waals surface area (Å²) in [5.41, 5.74) is 11.2. The number of likely N-dealkylation sites (tertiary alicyclic amines) is 1. The zero-order valence-corrected chi connectivity index (χ0v) is 19.5. The van der Waals surface area contributed by atoms with Gasteiger partial charge in [0.15, 0.2) is 5.84 Å². The normalized spacial score (nSPS) is 20.1. The first-order valence-electron chi connectivity index (χ1n) is 11.9. The van der Waals surface area contributed by atoms with Crippen LogP contribution in [0.15, 0.2) is 77.8 Å². The highest BCUT2D eigenvalue weighted by molar-refractivity contribution is 6.27. The highest BCUT2D eigenvalue weighted by atomic mass is 16.5. The fraction of sp³-hybridized carbons (Fsp3) is 0.296. The van der Waals surface area contributed by atoms with Gasteiger partial charge in [0.05, 0.1) is 11.7 Å². The van der Waals surface area contributed by atoms with Crippen molar-refractivity contribution in [3.05, 3.63) is 78.4 Å². The summed E-state index contributed by atoms with van der Waals surface area (Å²) in [6.07, 6.45) is 4.03. The number of hydrazine groups is 1. The average Bonchev–Trinajstić information content (AvgIpc) is 3.29. The molecule has 8 nitrogen and oxygen atoms in total. The Morgan fingerprint density at radius 3 is 2.37 bits per heavy atom. The maximum Gasteiger partial charge on any atom is 0.254 e. The van der Waals surface area contributed by atoms with Crippen LogP contribution in [0.2, 0.25) is 0 Å². The molecule has 3 aliphatic rings. The number of hydrogen-bond donors (Lipinski definition) is 2. The number of amides is 2. The molecule has 8 heteroatoms. The molecule has 3 N–H and O–H groups in total. The van der Waals surface area contributed by atoms with Gasteiger partial charge < -0.3 is 15.4 Å². The van der Waals surface area contributed by atoms with Gasteiger partial charge in [0.1, 0.15) is 17.1 Å². The number of piperidine rings is 1. The Hall–Kier alpha value is -4.07. The molecule has 0 saturated carbocycles. The highest BCUT2D eigenvalue weighted by Crippen LogP contribution is 2.35. The largest absolute Gasteiger partial charge is 0.457 e. The number of primary amides is 1. The zero-order chi connectivity index (χ0) is 24.4. The molecule has 2 aromatic rings. The van der Waals surface area contributed by atoms with Gasteiger partial charge in [-0.3, -0.25) is 25.0 Å². The zero-order valence-electron chi connectivity index (χ0n) is 19.5. The number of rotatable bonds is 6. The van der Waals surface area contributed by atoms with Gasteiger partial charge in [0, 0.05) is 25.2 Å². The van der Waals surface area contributed by atoms with E-state index >= 15 is 0 Å². The maximum absolute atomic E-state index is 12.5. The Morgan fingerprint density at radius 2 is 1.71 bits per heavy atom. The second-order valence-electron chi connectivity index (χ2n) is 8.96. The number of fused-ring (bicyclic) bond motifs is 1. The third-order valence-corrected chi connectivity index (χ3v) is 6.89. The molecule has 0 aliphatic carbocycles. The number of carbonyl (C=O) groups excluding carboxylic acids is 2. The van der Waals surface area contributed by atoms with Crippen molar-refractivity contribution < 1.29 is 14.3 Å². The number of nitrogens with two attached hydrogens (primary N) is 1. The molecule has 0 unspecified atom stereocenters. The van der Waals surface area contributed by atoms with E-state index in [0.717, 1.165) is 30.6 Å². The van der Waals surface area contributed by atoms with Crippen LogP contribution in [0.4, 0.5) is 0 Å². The number of benzene rings is 2. The molecule has 35 heavy (non-hydrogen) atoms. The van der Waals surface area contributed by atoms with Gasteiger partial charge in [-0.25, -0.2) is 0 Å². The number of carbonyl (C=O) groups is 2. The maximum atomic E-state index is 12.5. The fourth-order valence-electron chi connectivity index (χ4n) is 5.13. The molecule has 1 saturated heterocycles. The molecule has 0 bridgehead atoms. The number of ether oxygens (including phenoxy) is 1. The summed E-state index contributed by atoms with van der Waals surface area (Å²) in [5.74, 6) is 1.91.